The minimum atomic E-state index is -0.372. The van der Waals surface area contributed by atoms with Crippen molar-refractivity contribution in [1.82, 2.24) is 5.32 Å². The molecule has 0 aromatic heterocycles. The van der Waals surface area contributed by atoms with Crippen molar-refractivity contribution >= 4 is 29.1 Å². The fraction of sp³-hybridized carbons (Fsp3) is 0.529. The number of hydrogen-bond acceptors (Lipinski definition) is 4. The molecule has 1 unspecified atom stereocenters. The number of rotatable bonds is 6. The normalized spacial score (nSPS) is 16.8. The van der Waals surface area contributed by atoms with E-state index in [1.54, 1.807) is 11.0 Å². The Bertz CT molecular complexity index is 615. The number of nitrogens with one attached hydrogen (secondary N) is 1. The van der Waals surface area contributed by atoms with Crippen LogP contribution in [0, 0.1) is 6.92 Å². The Hall–Kier alpha value is -1.79. The molecule has 1 aliphatic heterocycles. The Kier molecular flexibility index (Phi) is 6.45. The van der Waals surface area contributed by atoms with Gasteiger partial charge in [-0.1, -0.05) is 11.6 Å². The fourth-order valence-electron chi connectivity index (χ4n) is 2.66. The Morgan fingerprint density at radius 2 is 2.21 bits per heavy atom. The van der Waals surface area contributed by atoms with Crippen molar-refractivity contribution in [3.8, 4) is 5.75 Å². The SMILES string of the molecule is COc1cc(Cl)c(C)cc1N(CCNC(=O)C1CCCO1)C(C)=O. The van der Waals surface area contributed by atoms with E-state index in [0.29, 0.717) is 36.2 Å². The molecule has 1 heterocycles. The predicted molar refractivity (Wildman–Crippen MR) is 92.8 cm³/mol. The summed E-state index contributed by atoms with van der Waals surface area (Å²) in [7, 11) is 1.53. The van der Waals surface area contributed by atoms with Crippen LogP contribution in [0.1, 0.15) is 25.3 Å². The second kappa shape index (κ2) is 8.35. The van der Waals surface area contributed by atoms with E-state index in [4.69, 9.17) is 21.1 Å². The van der Waals surface area contributed by atoms with Gasteiger partial charge in [0.1, 0.15) is 11.9 Å². The van der Waals surface area contributed by atoms with Crippen LogP contribution in [0.4, 0.5) is 5.69 Å². The zero-order valence-corrected chi connectivity index (χ0v) is 15.0. The topological polar surface area (TPSA) is 67.9 Å². The number of anilines is 1. The molecule has 1 aromatic carbocycles. The zero-order chi connectivity index (χ0) is 17.7. The van der Waals surface area contributed by atoms with E-state index in [2.05, 4.69) is 5.32 Å². The van der Waals surface area contributed by atoms with Crippen LogP contribution in [-0.2, 0) is 14.3 Å². The van der Waals surface area contributed by atoms with Gasteiger partial charge in [-0.15, -0.1) is 0 Å². The molecule has 24 heavy (non-hydrogen) atoms. The Labute approximate surface area is 147 Å². The molecule has 0 bridgehead atoms. The molecular weight excluding hydrogens is 332 g/mol. The number of methoxy groups -OCH3 is 1. The van der Waals surface area contributed by atoms with Gasteiger partial charge in [0.2, 0.25) is 11.8 Å². The minimum absolute atomic E-state index is 0.129. The molecule has 7 heteroatoms. The number of amides is 2. The standard InChI is InChI=1S/C17H23ClN2O4/c1-11-9-14(16(23-3)10-13(11)18)20(12(2)21)7-6-19-17(22)15-5-4-8-24-15/h9-10,15H,4-8H2,1-3H3,(H,19,22). The highest BCUT2D eigenvalue weighted by Crippen LogP contribution is 2.33. The summed E-state index contributed by atoms with van der Waals surface area (Å²) in [5.74, 6) is 0.253. The molecule has 132 valence electrons. The van der Waals surface area contributed by atoms with Gasteiger partial charge in [0, 0.05) is 37.7 Å². The highest BCUT2D eigenvalue weighted by atomic mass is 35.5. The monoisotopic (exact) mass is 354 g/mol. The molecule has 1 fully saturated rings. The summed E-state index contributed by atoms with van der Waals surface area (Å²) in [6.45, 7) is 4.64. The molecule has 1 aliphatic rings. The summed E-state index contributed by atoms with van der Waals surface area (Å²) in [6.07, 6.45) is 1.27. The van der Waals surface area contributed by atoms with Crippen LogP contribution in [0.25, 0.3) is 0 Å². The van der Waals surface area contributed by atoms with Gasteiger partial charge < -0.3 is 19.7 Å². The average Bonchev–Trinajstić information content (AvgIpc) is 3.08. The van der Waals surface area contributed by atoms with Gasteiger partial charge in [0.05, 0.1) is 12.8 Å². The van der Waals surface area contributed by atoms with Crippen molar-refractivity contribution in [3.63, 3.8) is 0 Å². The Balaban J connectivity index is 2.05. The van der Waals surface area contributed by atoms with Crippen LogP contribution in [-0.4, -0.2) is 44.7 Å². The van der Waals surface area contributed by atoms with Crippen molar-refractivity contribution in [2.24, 2.45) is 0 Å². The van der Waals surface area contributed by atoms with Crippen LogP contribution < -0.4 is 15.0 Å². The Morgan fingerprint density at radius 3 is 2.79 bits per heavy atom. The number of carbonyl (C=O) groups is 2. The molecule has 2 rings (SSSR count). The van der Waals surface area contributed by atoms with Crippen molar-refractivity contribution in [1.29, 1.82) is 0 Å². The van der Waals surface area contributed by atoms with Crippen LogP contribution in [0.2, 0.25) is 5.02 Å². The number of aryl methyl sites for hydroxylation is 1. The second-order valence-corrected chi connectivity index (χ2v) is 6.14. The number of benzene rings is 1. The molecule has 0 aliphatic carbocycles. The van der Waals surface area contributed by atoms with Gasteiger partial charge in [-0.3, -0.25) is 9.59 Å². The first-order valence-electron chi connectivity index (χ1n) is 7.95. The minimum Gasteiger partial charge on any atom is -0.495 e. The van der Waals surface area contributed by atoms with Crippen LogP contribution in [0.15, 0.2) is 12.1 Å². The van der Waals surface area contributed by atoms with Crippen molar-refractivity contribution in [2.45, 2.75) is 32.8 Å². The zero-order valence-electron chi connectivity index (χ0n) is 14.2. The lowest BCUT2D eigenvalue weighted by atomic mass is 10.2. The Morgan fingerprint density at radius 1 is 1.46 bits per heavy atom. The van der Waals surface area contributed by atoms with E-state index in [1.165, 1.54) is 14.0 Å². The molecule has 1 N–H and O–H groups in total. The second-order valence-electron chi connectivity index (χ2n) is 5.74. The lowest BCUT2D eigenvalue weighted by Crippen LogP contribution is -2.41. The molecule has 1 saturated heterocycles. The number of halogens is 1. The molecule has 0 saturated carbocycles. The maximum atomic E-state index is 12.0. The lowest BCUT2D eigenvalue weighted by Gasteiger charge is -2.24. The van der Waals surface area contributed by atoms with Gasteiger partial charge in [0.25, 0.3) is 0 Å². The van der Waals surface area contributed by atoms with Crippen molar-refractivity contribution < 1.29 is 19.1 Å². The first kappa shape index (κ1) is 18.5. The third-order valence-electron chi connectivity index (χ3n) is 3.99. The molecule has 1 atom stereocenters. The van der Waals surface area contributed by atoms with E-state index >= 15 is 0 Å². The summed E-state index contributed by atoms with van der Waals surface area (Å²) >= 11 is 6.11. The average molecular weight is 355 g/mol. The van der Waals surface area contributed by atoms with Crippen LogP contribution in [0.5, 0.6) is 5.75 Å². The van der Waals surface area contributed by atoms with Gasteiger partial charge in [-0.05, 0) is 31.4 Å². The van der Waals surface area contributed by atoms with Gasteiger partial charge in [-0.25, -0.2) is 0 Å². The number of nitrogens with zero attached hydrogens (tertiary/aromatic N) is 1. The fourth-order valence-corrected chi connectivity index (χ4v) is 2.81. The molecule has 0 spiro atoms. The molecule has 1 aromatic rings. The van der Waals surface area contributed by atoms with Gasteiger partial charge in [-0.2, -0.15) is 0 Å². The first-order chi connectivity index (χ1) is 11.4. The first-order valence-corrected chi connectivity index (χ1v) is 8.33. The molecule has 0 radical (unpaired) electrons. The predicted octanol–water partition coefficient (Wildman–Crippen LogP) is 2.31. The number of hydrogen-bond donors (Lipinski definition) is 1. The smallest absolute Gasteiger partial charge is 0.249 e. The summed E-state index contributed by atoms with van der Waals surface area (Å²) in [5.41, 5.74) is 1.49. The van der Waals surface area contributed by atoms with Gasteiger partial charge >= 0.3 is 0 Å². The maximum Gasteiger partial charge on any atom is 0.249 e. The van der Waals surface area contributed by atoms with Crippen LogP contribution >= 0.6 is 11.6 Å². The van der Waals surface area contributed by atoms with Gasteiger partial charge in [0.15, 0.2) is 0 Å². The molecule has 2 amide bonds. The van der Waals surface area contributed by atoms with E-state index in [-0.39, 0.29) is 17.9 Å². The molecule has 6 nitrogen and oxygen atoms in total. The lowest BCUT2D eigenvalue weighted by molar-refractivity contribution is -0.130. The number of carbonyl (C=O) groups excluding carboxylic acids is 2. The number of ether oxygens (including phenoxy) is 2. The summed E-state index contributed by atoms with van der Waals surface area (Å²) < 4.78 is 10.7. The summed E-state index contributed by atoms with van der Waals surface area (Å²) in [4.78, 5) is 25.6. The maximum absolute atomic E-state index is 12.0. The quantitative estimate of drug-likeness (QED) is 0.851. The summed E-state index contributed by atoms with van der Waals surface area (Å²) in [6, 6.07) is 3.50. The third-order valence-corrected chi connectivity index (χ3v) is 4.39. The van der Waals surface area contributed by atoms with Crippen molar-refractivity contribution in [2.75, 3.05) is 31.7 Å². The van der Waals surface area contributed by atoms with Crippen LogP contribution in [0.3, 0.4) is 0 Å². The van der Waals surface area contributed by atoms with E-state index in [9.17, 15) is 9.59 Å². The molecular formula is C17H23ClN2O4. The third kappa shape index (κ3) is 4.39. The highest BCUT2D eigenvalue weighted by Gasteiger charge is 2.24. The van der Waals surface area contributed by atoms with E-state index in [1.807, 2.05) is 13.0 Å². The van der Waals surface area contributed by atoms with Crippen molar-refractivity contribution in [3.05, 3.63) is 22.7 Å². The highest BCUT2D eigenvalue weighted by molar-refractivity contribution is 6.31. The van der Waals surface area contributed by atoms with E-state index in [0.717, 1.165) is 18.4 Å². The van der Waals surface area contributed by atoms with E-state index < -0.39 is 0 Å². The summed E-state index contributed by atoms with van der Waals surface area (Å²) in [5, 5.41) is 3.39. The largest absolute Gasteiger partial charge is 0.495 e.